The summed E-state index contributed by atoms with van der Waals surface area (Å²) in [6, 6.07) is 0. The molecule has 1 aliphatic heterocycles. The van der Waals surface area contributed by atoms with E-state index < -0.39 is 5.60 Å². The van der Waals surface area contributed by atoms with Gasteiger partial charge in [-0.25, -0.2) is 0 Å². The molecule has 0 radical (unpaired) electrons. The van der Waals surface area contributed by atoms with Crippen LogP contribution in [0.2, 0.25) is 0 Å². The normalized spacial score (nSPS) is 18.4. The minimum atomic E-state index is -0.426. The first-order valence-corrected chi connectivity index (χ1v) is 4.47. The van der Waals surface area contributed by atoms with E-state index in [1.165, 1.54) is 12.8 Å². The van der Waals surface area contributed by atoms with Gasteiger partial charge in [0, 0.05) is 20.2 Å². The van der Waals surface area contributed by atoms with E-state index in [1.54, 1.807) is 7.11 Å². The fourth-order valence-corrected chi connectivity index (χ4v) is 1.42. The molecule has 1 aliphatic rings. The maximum atomic E-state index is 7.89. The van der Waals surface area contributed by atoms with Crippen LogP contribution in [-0.2, 0) is 4.74 Å². The molecule has 0 aromatic carbocycles. The molecule has 1 saturated heterocycles. The minimum absolute atomic E-state index is 0.426. The quantitative estimate of drug-likeness (QED) is 0.503. The highest BCUT2D eigenvalue weighted by atomic mass is 16.5. The zero-order valence-electron chi connectivity index (χ0n) is 8.18. The summed E-state index contributed by atoms with van der Waals surface area (Å²) in [5.74, 6) is 0.613. The molecular formula is C9H18N2O. The third-order valence-corrected chi connectivity index (χ3v) is 2.50. The molecule has 1 rings (SSSR count). The topological polar surface area (TPSA) is 36.3 Å². The van der Waals surface area contributed by atoms with Crippen molar-refractivity contribution in [1.29, 1.82) is 5.41 Å². The second-order valence-corrected chi connectivity index (χ2v) is 3.76. The van der Waals surface area contributed by atoms with Crippen LogP contribution in [0.25, 0.3) is 0 Å². The molecule has 0 aromatic rings. The molecule has 0 aliphatic carbocycles. The van der Waals surface area contributed by atoms with E-state index in [9.17, 15) is 0 Å². The number of amidine groups is 1. The van der Waals surface area contributed by atoms with Gasteiger partial charge in [-0.05, 0) is 26.7 Å². The average molecular weight is 170 g/mol. The second kappa shape index (κ2) is 3.44. The summed E-state index contributed by atoms with van der Waals surface area (Å²) >= 11 is 0. The lowest BCUT2D eigenvalue weighted by atomic mass is 10.1. The third kappa shape index (κ3) is 1.78. The van der Waals surface area contributed by atoms with Crippen molar-refractivity contribution in [3.8, 4) is 0 Å². The van der Waals surface area contributed by atoms with E-state index in [-0.39, 0.29) is 0 Å². The molecule has 12 heavy (non-hydrogen) atoms. The molecule has 0 unspecified atom stereocenters. The van der Waals surface area contributed by atoms with Crippen molar-refractivity contribution in [2.24, 2.45) is 0 Å². The number of ether oxygens (including phenoxy) is 1. The Hall–Kier alpha value is -0.570. The summed E-state index contributed by atoms with van der Waals surface area (Å²) in [6.45, 7) is 5.92. The predicted octanol–water partition coefficient (Wildman–Crippen LogP) is 1.48. The van der Waals surface area contributed by atoms with Crippen LogP contribution in [0.3, 0.4) is 0 Å². The first kappa shape index (κ1) is 9.52. The molecule has 1 N–H and O–H groups in total. The largest absolute Gasteiger partial charge is 0.371 e. The smallest absolute Gasteiger partial charge is 0.128 e. The summed E-state index contributed by atoms with van der Waals surface area (Å²) < 4.78 is 5.25. The Balaban J connectivity index is 2.56. The third-order valence-electron chi connectivity index (χ3n) is 2.50. The molecule has 3 nitrogen and oxygen atoms in total. The zero-order valence-corrected chi connectivity index (χ0v) is 8.18. The predicted molar refractivity (Wildman–Crippen MR) is 49.6 cm³/mol. The number of hydrogen-bond donors (Lipinski definition) is 1. The van der Waals surface area contributed by atoms with Gasteiger partial charge in [0.2, 0.25) is 0 Å². The highest BCUT2D eigenvalue weighted by Crippen LogP contribution is 2.17. The summed E-state index contributed by atoms with van der Waals surface area (Å²) in [5, 5.41) is 7.89. The van der Waals surface area contributed by atoms with Crippen LogP contribution >= 0.6 is 0 Å². The first-order valence-electron chi connectivity index (χ1n) is 4.47. The van der Waals surface area contributed by atoms with Gasteiger partial charge in [0.25, 0.3) is 0 Å². The maximum Gasteiger partial charge on any atom is 0.128 e. The second-order valence-electron chi connectivity index (χ2n) is 3.76. The van der Waals surface area contributed by atoms with E-state index >= 15 is 0 Å². The van der Waals surface area contributed by atoms with E-state index in [2.05, 4.69) is 4.90 Å². The number of hydrogen-bond acceptors (Lipinski definition) is 2. The van der Waals surface area contributed by atoms with Crippen LogP contribution in [0.5, 0.6) is 0 Å². The fraction of sp³-hybridized carbons (Fsp3) is 0.889. The highest BCUT2D eigenvalue weighted by Gasteiger charge is 2.29. The molecule has 1 fully saturated rings. The molecular weight excluding hydrogens is 152 g/mol. The van der Waals surface area contributed by atoms with Gasteiger partial charge in [-0.15, -0.1) is 0 Å². The zero-order chi connectivity index (χ0) is 9.19. The van der Waals surface area contributed by atoms with Gasteiger partial charge in [0.15, 0.2) is 0 Å². The first-order chi connectivity index (χ1) is 5.58. The van der Waals surface area contributed by atoms with Crippen LogP contribution < -0.4 is 0 Å². The molecule has 0 spiro atoms. The van der Waals surface area contributed by atoms with E-state index in [0.29, 0.717) is 5.84 Å². The molecule has 0 bridgehead atoms. The van der Waals surface area contributed by atoms with Crippen molar-refractivity contribution >= 4 is 5.84 Å². The van der Waals surface area contributed by atoms with Gasteiger partial charge >= 0.3 is 0 Å². The van der Waals surface area contributed by atoms with Gasteiger partial charge in [-0.2, -0.15) is 0 Å². The average Bonchev–Trinajstić information content (AvgIpc) is 2.55. The number of nitrogens with zero attached hydrogens (tertiary/aromatic N) is 1. The fourth-order valence-electron chi connectivity index (χ4n) is 1.42. The molecule has 0 aromatic heterocycles. The SMILES string of the molecule is COC(C)(C)C(=N)N1CCCC1. The Kier molecular flexibility index (Phi) is 2.73. The maximum absolute atomic E-state index is 7.89. The van der Waals surface area contributed by atoms with Gasteiger partial charge in [-0.1, -0.05) is 0 Å². The van der Waals surface area contributed by atoms with Crippen LogP contribution in [0.1, 0.15) is 26.7 Å². The summed E-state index contributed by atoms with van der Waals surface area (Å²) in [4.78, 5) is 2.10. The summed E-state index contributed by atoms with van der Waals surface area (Å²) in [7, 11) is 1.66. The van der Waals surface area contributed by atoms with Crippen molar-refractivity contribution < 1.29 is 4.74 Å². The minimum Gasteiger partial charge on any atom is -0.371 e. The van der Waals surface area contributed by atoms with Crippen molar-refractivity contribution in [1.82, 2.24) is 4.90 Å². The standard InChI is InChI=1S/C9H18N2O/c1-9(2,12-3)8(10)11-6-4-5-7-11/h10H,4-7H2,1-3H3. The Morgan fingerprint density at radius 1 is 1.33 bits per heavy atom. The van der Waals surface area contributed by atoms with Gasteiger partial charge < -0.3 is 9.64 Å². The Bertz CT molecular complexity index is 171. The van der Waals surface area contributed by atoms with Crippen LogP contribution in [0.4, 0.5) is 0 Å². The van der Waals surface area contributed by atoms with Crippen LogP contribution in [0, 0.1) is 5.41 Å². The highest BCUT2D eigenvalue weighted by molar-refractivity contribution is 5.87. The molecule has 0 atom stereocenters. The van der Waals surface area contributed by atoms with Crippen molar-refractivity contribution in [2.75, 3.05) is 20.2 Å². The van der Waals surface area contributed by atoms with Crippen LogP contribution in [0.15, 0.2) is 0 Å². The lowest BCUT2D eigenvalue weighted by molar-refractivity contribution is 0.0713. The van der Waals surface area contributed by atoms with Crippen molar-refractivity contribution in [3.63, 3.8) is 0 Å². The molecule has 3 heteroatoms. The molecule has 1 heterocycles. The van der Waals surface area contributed by atoms with E-state index in [0.717, 1.165) is 13.1 Å². The molecule has 0 saturated carbocycles. The number of likely N-dealkylation sites (tertiary alicyclic amines) is 1. The summed E-state index contributed by atoms with van der Waals surface area (Å²) in [6.07, 6.45) is 2.42. The van der Waals surface area contributed by atoms with E-state index in [1.807, 2.05) is 13.8 Å². The summed E-state index contributed by atoms with van der Waals surface area (Å²) in [5.41, 5.74) is -0.426. The number of rotatable bonds is 2. The van der Waals surface area contributed by atoms with E-state index in [4.69, 9.17) is 10.1 Å². The monoisotopic (exact) mass is 170 g/mol. The van der Waals surface area contributed by atoms with Gasteiger partial charge in [-0.3, -0.25) is 5.41 Å². The van der Waals surface area contributed by atoms with Crippen molar-refractivity contribution in [3.05, 3.63) is 0 Å². The number of methoxy groups -OCH3 is 1. The Labute approximate surface area is 74.2 Å². The van der Waals surface area contributed by atoms with Gasteiger partial charge in [0.1, 0.15) is 11.4 Å². The molecule has 70 valence electrons. The van der Waals surface area contributed by atoms with Gasteiger partial charge in [0.05, 0.1) is 0 Å². The Morgan fingerprint density at radius 2 is 1.83 bits per heavy atom. The lowest BCUT2D eigenvalue weighted by Gasteiger charge is -2.30. The Morgan fingerprint density at radius 3 is 2.25 bits per heavy atom. The molecule has 0 amide bonds. The number of nitrogens with one attached hydrogen (secondary N) is 1. The van der Waals surface area contributed by atoms with Crippen molar-refractivity contribution in [2.45, 2.75) is 32.3 Å². The lowest BCUT2D eigenvalue weighted by Crippen LogP contribution is -2.44. The van der Waals surface area contributed by atoms with Crippen LogP contribution in [-0.4, -0.2) is 36.5 Å².